The van der Waals surface area contributed by atoms with Gasteiger partial charge in [-0.2, -0.15) is 9.97 Å². The maximum Gasteiger partial charge on any atom is 0.224 e. The molecule has 8 heteroatoms. The van der Waals surface area contributed by atoms with Gasteiger partial charge < -0.3 is 20.7 Å². The minimum atomic E-state index is -0.519. The third kappa shape index (κ3) is 2.50. The number of nitrogens with zero attached hydrogens (tertiary/aromatic N) is 4. The van der Waals surface area contributed by atoms with Gasteiger partial charge in [-0.15, -0.1) is 18.2 Å². The molecule has 0 bridgehead atoms. The molecule has 1 aliphatic carbocycles. The summed E-state index contributed by atoms with van der Waals surface area (Å²) in [6, 6.07) is 0.460. The molecule has 2 unspecified atom stereocenters. The van der Waals surface area contributed by atoms with Gasteiger partial charge in [0.25, 0.3) is 0 Å². The number of rotatable bonds is 4. The van der Waals surface area contributed by atoms with Gasteiger partial charge in [0, 0.05) is 6.04 Å². The van der Waals surface area contributed by atoms with Gasteiger partial charge in [-0.1, -0.05) is 5.92 Å². The molecule has 2 aromatic heterocycles. The van der Waals surface area contributed by atoms with E-state index in [0.717, 1.165) is 31.2 Å². The summed E-state index contributed by atoms with van der Waals surface area (Å²) in [5, 5.41) is 13.0. The molecule has 0 radical (unpaired) electrons. The Morgan fingerprint density at radius 2 is 2.30 bits per heavy atom. The second-order valence-electron chi connectivity index (χ2n) is 6.08. The van der Waals surface area contributed by atoms with E-state index in [-0.39, 0.29) is 17.9 Å². The summed E-state index contributed by atoms with van der Waals surface area (Å²) in [5.74, 6) is 3.66. The minimum Gasteiger partial charge on any atom is -0.394 e. The first-order valence-corrected chi connectivity index (χ1v) is 8.55. The number of thioether (sulfide) groups is 1. The van der Waals surface area contributed by atoms with Crippen molar-refractivity contribution in [3.8, 4) is 12.3 Å². The highest BCUT2D eigenvalue weighted by Gasteiger charge is 2.39. The number of hydrogen-bond acceptors (Lipinski definition) is 7. The molecule has 4 rings (SSSR count). The molecular formula is C15H18N6OS. The first-order valence-electron chi connectivity index (χ1n) is 7.67. The lowest BCUT2D eigenvalue weighted by Crippen LogP contribution is -2.23. The van der Waals surface area contributed by atoms with E-state index in [1.54, 1.807) is 18.1 Å². The van der Waals surface area contributed by atoms with Gasteiger partial charge in [-0.25, -0.2) is 4.98 Å². The zero-order chi connectivity index (χ0) is 16.0. The smallest absolute Gasteiger partial charge is 0.224 e. The van der Waals surface area contributed by atoms with Crippen molar-refractivity contribution in [2.24, 2.45) is 0 Å². The molecule has 1 saturated heterocycles. The number of hydrogen-bond donors (Lipinski definition) is 3. The van der Waals surface area contributed by atoms with Crippen molar-refractivity contribution in [1.29, 1.82) is 0 Å². The van der Waals surface area contributed by atoms with Crippen LogP contribution < -0.4 is 11.1 Å². The molecule has 2 fully saturated rings. The summed E-state index contributed by atoms with van der Waals surface area (Å²) in [6.45, 7) is -0.0249. The Morgan fingerprint density at radius 1 is 1.48 bits per heavy atom. The summed E-state index contributed by atoms with van der Waals surface area (Å²) in [4.78, 5) is 13.1. The number of terminal acetylenes is 1. The largest absolute Gasteiger partial charge is 0.394 e. The second kappa shape index (κ2) is 5.28. The molecule has 4 N–H and O–H groups in total. The molecule has 1 saturated carbocycles. The molecule has 0 aromatic carbocycles. The lowest BCUT2D eigenvalue weighted by atomic mass is 10.1. The average molecular weight is 330 g/mol. The van der Waals surface area contributed by atoms with E-state index in [9.17, 15) is 5.11 Å². The Balaban J connectivity index is 1.71. The zero-order valence-corrected chi connectivity index (χ0v) is 13.4. The third-order valence-corrected chi connectivity index (χ3v) is 5.98. The van der Waals surface area contributed by atoms with Crippen LogP contribution in [0.25, 0.3) is 11.2 Å². The Hall–Kier alpha value is -1.98. The second-order valence-corrected chi connectivity index (χ2v) is 7.64. The fourth-order valence-electron chi connectivity index (χ4n) is 2.86. The standard InChI is InChI=1S/C15H18N6OS/c1-2-15(7-22)6-5-10(23-15)21-8-17-11-12(18-9-3-4-9)19-14(16)20-13(11)21/h1,8-10,22H,3-7H2,(H3,16,18,19,20). The molecule has 0 amide bonds. The first-order chi connectivity index (χ1) is 11.1. The highest BCUT2D eigenvalue weighted by Crippen LogP contribution is 2.49. The maximum atomic E-state index is 9.60. The summed E-state index contributed by atoms with van der Waals surface area (Å²) in [7, 11) is 0. The molecule has 1 aliphatic heterocycles. The van der Waals surface area contributed by atoms with Crippen molar-refractivity contribution in [1.82, 2.24) is 19.5 Å². The third-order valence-electron chi connectivity index (χ3n) is 4.34. The molecule has 120 valence electrons. The van der Waals surface area contributed by atoms with Crippen LogP contribution in [0.15, 0.2) is 6.33 Å². The van der Waals surface area contributed by atoms with Gasteiger partial charge in [0.05, 0.1) is 18.3 Å². The van der Waals surface area contributed by atoms with Crippen LogP contribution in [-0.2, 0) is 0 Å². The number of nitrogens with one attached hydrogen (secondary N) is 1. The number of nitrogens with two attached hydrogens (primary N) is 1. The molecule has 0 spiro atoms. The molecular weight excluding hydrogens is 312 g/mol. The predicted molar refractivity (Wildman–Crippen MR) is 90.9 cm³/mol. The van der Waals surface area contributed by atoms with Crippen LogP contribution in [0.4, 0.5) is 11.8 Å². The SMILES string of the molecule is C#CC1(CO)CCC(n2cnc3c(NC4CC4)nc(N)nc32)S1. The van der Waals surface area contributed by atoms with Gasteiger partial charge in [0.1, 0.15) is 4.75 Å². The fraction of sp³-hybridized carbons (Fsp3) is 0.533. The van der Waals surface area contributed by atoms with Gasteiger partial charge in [0.2, 0.25) is 5.95 Å². The van der Waals surface area contributed by atoms with Crippen LogP contribution in [0.3, 0.4) is 0 Å². The predicted octanol–water partition coefficient (Wildman–Crippen LogP) is 1.37. The topological polar surface area (TPSA) is 102 Å². The summed E-state index contributed by atoms with van der Waals surface area (Å²) >= 11 is 1.58. The van der Waals surface area contributed by atoms with Gasteiger partial charge in [-0.3, -0.25) is 0 Å². The lowest BCUT2D eigenvalue weighted by molar-refractivity contribution is 0.270. The van der Waals surface area contributed by atoms with Crippen LogP contribution in [0, 0.1) is 12.3 Å². The summed E-state index contributed by atoms with van der Waals surface area (Å²) in [6.07, 6.45) is 11.3. The Morgan fingerprint density at radius 3 is 2.96 bits per heavy atom. The van der Waals surface area contributed by atoms with Crippen LogP contribution in [0.1, 0.15) is 31.1 Å². The highest BCUT2D eigenvalue weighted by molar-refractivity contribution is 8.01. The monoisotopic (exact) mass is 330 g/mol. The fourth-order valence-corrected chi connectivity index (χ4v) is 4.27. The maximum absolute atomic E-state index is 9.60. The van der Waals surface area contributed by atoms with E-state index >= 15 is 0 Å². The Labute approximate surface area is 138 Å². The molecule has 2 atom stereocenters. The average Bonchev–Trinajstić information content (AvgIpc) is 3.11. The minimum absolute atomic E-state index is 0.0249. The van der Waals surface area contributed by atoms with Crippen LogP contribution in [-0.4, -0.2) is 42.0 Å². The number of aromatic nitrogens is 4. The van der Waals surface area contributed by atoms with E-state index in [1.807, 2.05) is 4.57 Å². The van der Waals surface area contributed by atoms with Crippen molar-refractivity contribution in [3.63, 3.8) is 0 Å². The Kier molecular flexibility index (Phi) is 3.36. The first kappa shape index (κ1) is 14.6. The van der Waals surface area contributed by atoms with E-state index in [4.69, 9.17) is 12.2 Å². The zero-order valence-electron chi connectivity index (χ0n) is 12.6. The quantitative estimate of drug-likeness (QED) is 0.728. The number of anilines is 2. The van der Waals surface area contributed by atoms with Gasteiger partial charge >= 0.3 is 0 Å². The molecule has 23 heavy (non-hydrogen) atoms. The Bertz CT molecular complexity index is 795. The van der Waals surface area contributed by atoms with E-state index in [1.165, 1.54) is 0 Å². The van der Waals surface area contributed by atoms with Crippen molar-refractivity contribution in [2.75, 3.05) is 17.7 Å². The molecule has 2 aliphatic rings. The molecule has 2 aromatic rings. The van der Waals surface area contributed by atoms with Crippen molar-refractivity contribution in [3.05, 3.63) is 6.33 Å². The van der Waals surface area contributed by atoms with Crippen LogP contribution >= 0.6 is 11.8 Å². The van der Waals surface area contributed by atoms with E-state index in [0.29, 0.717) is 17.5 Å². The van der Waals surface area contributed by atoms with E-state index < -0.39 is 4.75 Å². The highest BCUT2D eigenvalue weighted by atomic mass is 32.2. The van der Waals surface area contributed by atoms with E-state index in [2.05, 4.69) is 26.2 Å². The number of aliphatic hydroxyl groups is 1. The van der Waals surface area contributed by atoms with Crippen molar-refractivity contribution < 1.29 is 5.11 Å². The molecule has 3 heterocycles. The number of fused-ring (bicyclic) bond motifs is 1. The summed E-state index contributed by atoms with van der Waals surface area (Å²) < 4.78 is 1.47. The van der Waals surface area contributed by atoms with Crippen molar-refractivity contribution >= 4 is 34.7 Å². The number of imidazole rings is 1. The number of aliphatic hydroxyl groups excluding tert-OH is 1. The number of nitrogen functional groups attached to an aromatic ring is 1. The van der Waals surface area contributed by atoms with Gasteiger partial charge in [0.15, 0.2) is 17.0 Å². The normalized spacial score (nSPS) is 27.2. The van der Waals surface area contributed by atoms with Crippen LogP contribution in [0.2, 0.25) is 0 Å². The molecule has 7 nitrogen and oxygen atoms in total. The van der Waals surface area contributed by atoms with Crippen LogP contribution in [0.5, 0.6) is 0 Å². The van der Waals surface area contributed by atoms with Gasteiger partial charge in [-0.05, 0) is 25.7 Å². The van der Waals surface area contributed by atoms with Crippen molar-refractivity contribution in [2.45, 2.75) is 41.8 Å². The summed E-state index contributed by atoms with van der Waals surface area (Å²) in [5.41, 5.74) is 7.31. The lowest BCUT2D eigenvalue weighted by Gasteiger charge is -2.19.